The van der Waals surface area contributed by atoms with E-state index in [-0.39, 0.29) is 10.8 Å². The van der Waals surface area contributed by atoms with Crippen molar-refractivity contribution < 1.29 is 17.9 Å². The monoisotopic (exact) mass is 366 g/mol. The molecule has 0 saturated carbocycles. The van der Waals surface area contributed by atoms with Crippen molar-refractivity contribution in [3.05, 3.63) is 30.4 Å². The average molecular weight is 366 g/mol. The summed E-state index contributed by atoms with van der Waals surface area (Å²) in [6.45, 7) is 0.931. The number of rotatable bonds is 6. The van der Waals surface area contributed by atoms with Gasteiger partial charge in [0.15, 0.2) is 0 Å². The van der Waals surface area contributed by atoms with Gasteiger partial charge in [-0.1, -0.05) is 0 Å². The van der Waals surface area contributed by atoms with Gasteiger partial charge in [-0.25, -0.2) is 8.42 Å². The molecule has 0 spiro atoms. The van der Waals surface area contributed by atoms with Gasteiger partial charge in [0.1, 0.15) is 28.5 Å². The maximum absolute atomic E-state index is 13.1. The van der Waals surface area contributed by atoms with E-state index in [9.17, 15) is 8.42 Å². The molecular formula is C16H22N4O4S. The number of benzene rings is 1. The van der Waals surface area contributed by atoms with Crippen LogP contribution < -0.4 is 9.47 Å². The summed E-state index contributed by atoms with van der Waals surface area (Å²) >= 11 is 0. The minimum atomic E-state index is -3.65. The molecule has 1 saturated heterocycles. The van der Waals surface area contributed by atoms with E-state index >= 15 is 0 Å². The molecule has 8 nitrogen and oxygen atoms in total. The first-order chi connectivity index (χ1) is 12.0. The van der Waals surface area contributed by atoms with E-state index in [0.29, 0.717) is 31.0 Å². The van der Waals surface area contributed by atoms with Gasteiger partial charge >= 0.3 is 0 Å². The van der Waals surface area contributed by atoms with E-state index in [1.165, 1.54) is 24.6 Å². The molecule has 1 aliphatic rings. The van der Waals surface area contributed by atoms with Gasteiger partial charge in [0.2, 0.25) is 10.0 Å². The van der Waals surface area contributed by atoms with Gasteiger partial charge in [-0.2, -0.15) is 4.31 Å². The number of sulfonamides is 1. The molecule has 1 unspecified atom stereocenters. The minimum Gasteiger partial charge on any atom is -0.497 e. The lowest BCUT2D eigenvalue weighted by atomic mass is 10.1. The van der Waals surface area contributed by atoms with Crippen LogP contribution in [0.3, 0.4) is 0 Å². The minimum absolute atomic E-state index is 0.133. The quantitative estimate of drug-likeness (QED) is 0.760. The van der Waals surface area contributed by atoms with Gasteiger partial charge in [-0.05, 0) is 24.5 Å². The lowest BCUT2D eigenvalue weighted by Gasteiger charge is -2.19. The third kappa shape index (κ3) is 3.47. The Morgan fingerprint density at radius 2 is 2.08 bits per heavy atom. The molecule has 2 aromatic rings. The molecule has 25 heavy (non-hydrogen) atoms. The highest BCUT2D eigenvalue weighted by Gasteiger charge is 2.35. The number of aromatic nitrogens is 3. The third-order valence-electron chi connectivity index (χ3n) is 4.51. The second-order valence-corrected chi connectivity index (χ2v) is 8.00. The van der Waals surface area contributed by atoms with Crippen LogP contribution in [0.5, 0.6) is 11.5 Å². The van der Waals surface area contributed by atoms with E-state index in [1.54, 1.807) is 18.5 Å². The van der Waals surface area contributed by atoms with Crippen molar-refractivity contribution in [3.8, 4) is 11.5 Å². The van der Waals surface area contributed by atoms with Crippen LogP contribution >= 0.6 is 0 Å². The fourth-order valence-corrected chi connectivity index (χ4v) is 4.76. The molecule has 0 aliphatic carbocycles. The summed E-state index contributed by atoms with van der Waals surface area (Å²) in [7, 11) is 1.20. The van der Waals surface area contributed by atoms with Crippen molar-refractivity contribution in [3.63, 3.8) is 0 Å². The van der Waals surface area contributed by atoms with Crippen molar-refractivity contribution in [2.24, 2.45) is 13.0 Å². The van der Waals surface area contributed by atoms with E-state index in [0.717, 1.165) is 12.2 Å². The third-order valence-corrected chi connectivity index (χ3v) is 6.40. The largest absolute Gasteiger partial charge is 0.497 e. The van der Waals surface area contributed by atoms with Crippen LogP contribution in [0.1, 0.15) is 12.2 Å². The van der Waals surface area contributed by atoms with Gasteiger partial charge in [-0.3, -0.25) is 0 Å². The summed E-state index contributed by atoms with van der Waals surface area (Å²) in [5, 5.41) is 7.95. The van der Waals surface area contributed by atoms with E-state index < -0.39 is 10.0 Å². The maximum Gasteiger partial charge on any atom is 0.246 e. The molecule has 3 rings (SSSR count). The SMILES string of the molecule is COc1ccc(OC)c(S(=O)(=O)N2CCC(Cc3nncn3C)C2)c1. The van der Waals surface area contributed by atoms with Gasteiger partial charge in [0, 0.05) is 32.6 Å². The molecule has 9 heteroatoms. The van der Waals surface area contributed by atoms with Gasteiger partial charge < -0.3 is 14.0 Å². The highest BCUT2D eigenvalue weighted by Crippen LogP contribution is 2.33. The predicted octanol–water partition coefficient (Wildman–Crippen LogP) is 1.09. The number of ether oxygens (including phenoxy) is 2. The Morgan fingerprint density at radius 3 is 2.72 bits per heavy atom. The summed E-state index contributed by atoms with van der Waals surface area (Å²) in [5.74, 6) is 1.88. The topological polar surface area (TPSA) is 86.6 Å². The number of hydrogen-bond acceptors (Lipinski definition) is 6. The molecule has 1 aromatic heterocycles. The van der Waals surface area contributed by atoms with Crippen molar-refractivity contribution in [1.29, 1.82) is 0 Å². The molecule has 0 amide bonds. The summed E-state index contributed by atoms with van der Waals surface area (Å²) < 4.78 is 39.9. The predicted molar refractivity (Wildman–Crippen MR) is 91.1 cm³/mol. The summed E-state index contributed by atoms with van der Waals surface area (Å²) in [4.78, 5) is 0.133. The van der Waals surface area contributed by atoms with E-state index in [4.69, 9.17) is 9.47 Å². The van der Waals surface area contributed by atoms with Crippen LogP contribution in [0.2, 0.25) is 0 Å². The van der Waals surface area contributed by atoms with E-state index in [1.807, 2.05) is 11.6 Å². The van der Waals surface area contributed by atoms with Crippen LogP contribution in [0.4, 0.5) is 0 Å². The molecule has 1 atom stereocenters. The zero-order valence-electron chi connectivity index (χ0n) is 14.5. The Kier molecular flexibility index (Phi) is 4.96. The second-order valence-electron chi connectivity index (χ2n) is 6.10. The smallest absolute Gasteiger partial charge is 0.246 e. The molecule has 0 bridgehead atoms. The number of hydrogen-bond donors (Lipinski definition) is 0. The first-order valence-electron chi connectivity index (χ1n) is 8.00. The molecule has 136 valence electrons. The second kappa shape index (κ2) is 7.01. The van der Waals surface area contributed by atoms with Crippen molar-refractivity contribution in [2.75, 3.05) is 27.3 Å². The Bertz CT molecular complexity index is 850. The number of aryl methyl sites for hydroxylation is 1. The van der Waals surface area contributed by atoms with Crippen molar-refractivity contribution in [1.82, 2.24) is 19.1 Å². The van der Waals surface area contributed by atoms with Gasteiger partial charge in [0.25, 0.3) is 0 Å². The van der Waals surface area contributed by atoms with Crippen LogP contribution in [0, 0.1) is 5.92 Å². The maximum atomic E-state index is 13.1. The lowest BCUT2D eigenvalue weighted by molar-refractivity contribution is 0.387. The lowest BCUT2D eigenvalue weighted by Crippen LogP contribution is -2.29. The molecule has 1 aliphatic heterocycles. The summed E-state index contributed by atoms with van der Waals surface area (Å²) in [6.07, 6.45) is 3.15. The highest BCUT2D eigenvalue weighted by molar-refractivity contribution is 7.89. The Balaban J connectivity index is 1.81. The first-order valence-corrected chi connectivity index (χ1v) is 9.44. The van der Waals surface area contributed by atoms with Crippen LogP contribution in [-0.2, 0) is 23.5 Å². The molecular weight excluding hydrogens is 344 g/mol. The van der Waals surface area contributed by atoms with Crippen molar-refractivity contribution in [2.45, 2.75) is 17.7 Å². The fourth-order valence-electron chi connectivity index (χ4n) is 3.06. The zero-order chi connectivity index (χ0) is 18.0. The Hall–Kier alpha value is -2.13. The molecule has 2 heterocycles. The Morgan fingerprint density at radius 1 is 1.28 bits per heavy atom. The standard InChI is InChI=1S/C16H22N4O4S/c1-19-11-17-18-16(19)8-12-6-7-20(10-12)25(21,22)15-9-13(23-2)4-5-14(15)24-3/h4-5,9,11-12H,6-8,10H2,1-3H3. The highest BCUT2D eigenvalue weighted by atomic mass is 32.2. The zero-order valence-corrected chi connectivity index (χ0v) is 15.4. The van der Waals surface area contributed by atoms with Gasteiger partial charge in [-0.15, -0.1) is 10.2 Å². The fraction of sp³-hybridized carbons (Fsp3) is 0.500. The summed E-state index contributed by atoms with van der Waals surface area (Å²) in [6, 6.07) is 4.79. The first kappa shape index (κ1) is 17.7. The Labute approximate surface area is 147 Å². The van der Waals surface area contributed by atoms with Gasteiger partial charge in [0.05, 0.1) is 14.2 Å². The molecule has 0 radical (unpaired) electrons. The average Bonchev–Trinajstić information content (AvgIpc) is 3.24. The molecule has 1 fully saturated rings. The normalized spacial score (nSPS) is 18.4. The number of methoxy groups -OCH3 is 2. The van der Waals surface area contributed by atoms with E-state index in [2.05, 4.69) is 10.2 Å². The summed E-state index contributed by atoms with van der Waals surface area (Å²) in [5.41, 5.74) is 0. The molecule has 1 aromatic carbocycles. The van der Waals surface area contributed by atoms with Crippen molar-refractivity contribution >= 4 is 10.0 Å². The van der Waals surface area contributed by atoms with Crippen LogP contribution in [-0.4, -0.2) is 54.8 Å². The van der Waals surface area contributed by atoms with Crippen LogP contribution in [0.25, 0.3) is 0 Å². The molecule has 0 N–H and O–H groups in total. The van der Waals surface area contributed by atoms with Crippen LogP contribution in [0.15, 0.2) is 29.4 Å². The number of nitrogens with zero attached hydrogens (tertiary/aromatic N) is 4.